The number of rotatable bonds is 20. The molecule has 0 unspecified atom stereocenters. The Kier molecular flexibility index (Phi) is 18.4. The van der Waals surface area contributed by atoms with Crippen LogP contribution in [0, 0.1) is 6.92 Å². The number of fused-ring (bicyclic) bond motifs is 1. The smallest absolute Gasteiger partial charge is 0.330 e. The summed E-state index contributed by atoms with van der Waals surface area (Å²) in [6.45, 7) is 12.3. The molecule has 0 aliphatic rings. The minimum absolute atomic E-state index is 0.108. The fourth-order valence-electron chi connectivity index (χ4n) is 4.61. The molecule has 13 heteroatoms. The maximum atomic E-state index is 11.0. The predicted octanol–water partition coefficient (Wildman–Crippen LogP) is 10.7. The molecule has 2 heterocycles. The molecule has 0 saturated carbocycles. The molecule has 0 N–H and O–H groups in total. The molecule has 0 aliphatic carbocycles. The Labute approximate surface area is 303 Å². The SMILES string of the molecule is C=CC(=O)OCCN(CC)c1ccc(N=NC)cc1.CCC(=O)OCCCCCCCCOc1ccc(N=Nc2cc3sc(C)nc3s2)cc1. The number of azo groups is 2. The Bertz CT molecular complexity index is 1620. The first-order valence-electron chi connectivity index (χ1n) is 17.0. The van der Waals surface area contributed by atoms with Gasteiger partial charge in [0.15, 0.2) is 0 Å². The highest BCUT2D eigenvalue weighted by molar-refractivity contribution is 7.29. The minimum atomic E-state index is -0.394. The standard InChI is InChI=1S/C23H29N3O3S2.C14H19N3O2/c1-3-22(27)29-15-9-7-5-4-6-8-14-28-19-12-10-18(11-13-19)25-26-21-16-20-23(31-21)24-17(2)30-20;1-4-14(18)19-11-10-17(5-2)13-8-6-12(7-9-13)16-15-3/h10-13,16H,3-9,14-15H2,1-2H3;4,6-9H,1,5,10-11H2,2-3H3. The number of aromatic nitrogens is 1. The van der Waals surface area contributed by atoms with Gasteiger partial charge in [0.2, 0.25) is 0 Å². The molecule has 0 spiro atoms. The number of ether oxygens (including phenoxy) is 3. The lowest BCUT2D eigenvalue weighted by Gasteiger charge is -2.22. The first-order valence-corrected chi connectivity index (χ1v) is 18.6. The molecular weight excluding hydrogens is 673 g/mol. The molecule has 0 bridgehead atoms. The number of anilines is 1. The zero-order chi connectivity index (χ0) is 36.0. The van der Waals surface area contributed by atoms with Crippen molar-refractivity contribution in [2.75, 3.05) is 44.9 Å². The van der Waals surface area contributed by atoms with Gasteiger partial charge < -0.3 is 19.1 Å². The zero-order valence-electron chi connectivity index (χ0n) is 29.5. The van der Waals surface area contributed by atoms with E-state index in [4.69, 9.17) is 14.2 Å². The van der Waals surface area contributed by atoms with Gasteiger partial charge in [0, 0.05) is 31.8 Å². The second-order valence-corrected chi connectivity index (χ2v) is 13.2. The third kappa shape index (κ3) is 15.0. The zero-order valence-corrected chi connectivity index (χ0v) is 31.1. The largest absolute Gasteiger partial charge is 0.494 e. The number of aryl methyl sites for hydroxylation is 1. The van der Waals surface area contributed by atoms with Crippen molar-refractivity contribution in [3.8, 4) is 5.75 Å². The van der Waals surface area contributed by atoms with E-state index in [0.717, 1.165) is 74.6 Å². The van der Waals surface area contributed by atoms with E-state index in [9.17, 15) is 9.59 Å². The van der Waals surface area contributed by atoms with E-state index in [-0.39, 0.29) is 5.97 Å². The first-order chi connectivity index (χ1) is 24.3. The maximum absolute atomic E-state index is 11.0. The van der Waals surface area contributed by atoms with Gasteiger partial charge in [-0.25, -0.2) is 9.78 Å². The molecule has 2 aromatic carbocycles. The summed E-state index contributed by atoms with van der Waals surface area (Å²) < 4.78 is 17.0. The average Bonchev–Trinajstić information content (AvgIpc) is 3.68. The monoisotopic (exact) mass is 720 g/mol. The Morgan fingerprint density at radius 3 is 2.14 bits per heavy atom. The van der Waals surface area contributed by atoms with E-state index >= 15 is 0 Å². The number of thiophene rings is 1. The van der Waals surface area contributed by atoms with Gasteiger partial charge in [0.1, 0.15) is 22.2 Å². The van der Waals surface area contributed by atoms with Crippen LogP contribution >= 0.6 is 22.7 Å². The Morgan fingerprint density at radius 2 is 1.50 bits per heavy atom. The van der Waals surface area contributed by atoms with Gasteiger partial charge in [-0.1, -0.05) is 50.5 Å². The molecular formula is C37H48N6O5S2. The summed E-state index contributed by atoms with van der Waals surface area (Å²) >= 11 is 3.24. The second kappa shape index (κ2) is 23.0. The average molecular weight is 721 g/mol. The quantitative estimate of drug-likeness (QED) is 0.0385. The highest BCUT2D eigenvalue weighted by Crippen LogP contribution is 2.36. The fourth-order valence-corrected chi connectivity index (χ4v) is 6.55. The van der Waals surface area contributed by atoms with Crippen LogP contribution < -0.4 is 9.64 Å². The lowest BCUT2D eigenvalue weighted by molar-refractivity contribution is -0.143. The van der Waals surface area contributed by atoms with Crippen molar-refractivity contribution < 1.29 is 23.8 Å². The highest BCUT2D eigenvalue weighted by atomic mass is 32.1. The van der Waals surface area contributed by atoms with Gasteiger partial charge in [-0.05, 0) is 81.3 Å². The molecule has 0 amide bonds. The first kappa shape index (κ1) is 39.9. The molecule has 50 heavy (non-hydrogen) atoms. The van der Waals surface area contributed by atoms with E-state index in [1.807, 2.05) is 68.4 Å². The van der Waals surface area contributed by atoms with Crippen LogP contribution in [0.1, 0.15) is 63.8 Å². The van der Waals surface area contributed by atoms with Gasteiger partial charge in [-0.15, -0.1) is 21.6 Å². The third-order valence-electron chi connectivity index (χ3n) is 7.23. The van der Waals surface area contributed by atoms with Crippen LogP contribution in [0.5, 0.6) is 5.75 Å². The van der Waals surface area contributed by atoms with Crippen LogP contribution in [0.15, 0.2) is 87.7 Å². The molecule has 0 radical (unpaired) electrons. The van der Waals surface area contributed by atoms with Crippen molar-refractivity contribution in [2.24, 2.45) is 20.5 Å². The van der Waals surface area contributed by atoms with Crippen LogP contribution in [-0.4, -0.2) is 56.9 Å². The van der Waals surface area contributed by atoms with Gasteiger partial charge >= 0.3 is 11.9 Å². The van der Waals surface area contributed by atoms with Gasteiger partial charge in [-0.2, -0.15) is 10.2 Å². The maximum Gasteiger partial charge on any atom is 0.330 e. The van der Waals surface area contributed by atoms with Gasteiger partial charge in [-0.3, -0.25) is 4.79 Å². The molecule has 0 fully saturated rings. The topological polar surface area (TPSA) is 127 Å². The molecule has 268 valence electrons. The van der Waals surface area contributed by atoms with Crippen molar-refractivity contribution in [1.29, 1.82) is 0 Å². The number of esters is 2. The number of likely N-dealkylation sites (N-methyl/N-ethyl adjacent to an activating group) is 1. The van der Waals surface area contributed by atoms with Crippen LogP contribution in [-0.2, 0) is 19.1 Å². The Hall–Kier alpha value is -4.49. The number of hydrogen-bond acceptors (Lipinski definition) is 13. The van der Waals surface area contributed by atoms with Crippen LogP contribution in [0.25, 0.3) is 9.53 Å². The van der Waals surface area contributed by atoms with Crippen LogP contribution in [0.2, 0.25) is 0 Å². The third-order valence-corrected chi connectivity index (χ3v) is 9.19. The number of hydrogen-bond donors (Lipinski definition) is 0. The summed E-state index contributed by atoms with van der Waals surface area (Å²) in [5.41, 5.74) is 2.69. The number of thiazole rings is 1. The van der Waals surface area contributed by atoms with Gasteiger partial charge in [0.25, 0.3) is 0 Å². The number of benzene rings is 2. The lowest BCUT2D eigenvalue weighted by atomic mass is 10.1. The van der Waals surface area contributed by atoms with Crippen molar-refractivity contribution in [3.05, 3.63) is 72.3 Å². The number of unbranched alkanes of at least 4 members (excludes halogenated alkanes) is 5. The molecule has 11 nitrogen and oxygen atoms in total. The summed E-state index contributed by atoms with van der Waals surface area (Å²) in [6.07, 6.45) is 8.21. The highest BCUT2D eigenvalue weighted by Gasteiger charge is 2.07. The van der Waals surface area contributed by atoms with Crippen LogP contribution in [0.4, 0.5) is 22.1 Å². The summed E-state index contributed by atoms with van der Waals surface area (Å²) in [7, 11) is 1.64. The lowest BCUT2D eigenvalue weighted by Crippen LogP contribution is -2.27. The Balaban J connectivity index is 0.000000305. The normalized spacial score (nSPS) is 11.0. The van der Waals surface area contributed by atoms with Crippen molar-refractivity contribution in [2.45, 2.75) is 65.7 Å². The van der Waals surface area contributed by atoms with E-state index in [2.05, 4.69) is 43.8 Å². The van der Waals surface area contributed by atoms with E-state index in [0.29, 0.717) is 32.8 Å². The summed E-state index contributed by atoms with van der Waals surface area (Å²) in [5, 5.41) is 18.3. The summed E-state index contributed by atoms with van der Waals surface area (Å²) in [4.78, 5) is 29.6. The number of carbonyl (C=O) groups excluding carboxylic acids is 2. The van der Waals surface area contributed by atoms with E-state index in [1.165, 1.54) is 18.9 Å². The molecule has 0 aliphatic heterocycles. The predicted molar refractivity (Wildman–Crippen MR) is 203 cm³/mol. The van der Waals surface area contributed by atoms with Crippen molar-refractivity contribution in [1.82, 2.24) is 4.98 Å². The summed E-state index contributed by atoms with van der Waals surface area (Å²) in [5.74, 6) is 0.353. The van der Waals surface area contributed by atoms with Crippen molar-refractivity contribution in [3.63, 3.8) is 0 Å². The van der Waals surface area contributed by atoms with Gasteiger partial charge in [0.05, 0.1) is 40.8 Å². The molecule has 0 atom stereocenters. The Morgan fingerprint density at radius 1 is 0.840 bits per heavy atom. The van der Waals surface area contributed by atoms with E-state index < -0.39 is 5.97 Å². The van der Waals surface area contributed by atoms with Crippen LogP contribution in [0.3, 0.4) is 0 Å². The van der Waals surface area contributed by atoms with Crippen molar-refractivity contribution >= 4 is 66.2 Å². The molecule has 4 rings (SSSR count). The number of nitrogens with zero attached hydrogens (tertiary/aromatic N) is 6. The van der Waals surface area contributed by atoms with E-state index in [1.54, 1.807) is 29.7 Å². The summed E-state index contributed by atoms with van der Waals surface area (Å²) in [6, 6.07) is 17.5. The minimum Gasteiger partial charge on any atom is -0.494 e. The molecule has 2 aromatic heterocycles. The molecule has 4 aromatic rings. The number of carbonyl (C=O) groups is 2. The molecule has 0 saturated heterocycles. The fraction of sp³-hybridized carbons (Fsp3) is 0.432. The second-order valence-electron chi connectivity index (χ2n) is 11.0.